The number of halogens is 1. The molecule has 1 amide bonds. The van der Waals surface area contributed by atoms with Crippen LogP contribution in [0, 0.1) is 11.8 Å². The van der Waals surface area contributed by atoms with Crippen LogP contribution in [0.1, 0.15) is 32.3 Å². The number of rotatable bonds is 7. The van der Waals surface area contributed by atoms with Gasteiger partial charge in [0.05, 0.1) is 0 Å². The zero-order valence-corrected chi connectivity index (χ0v) is 13.2. The van der Waals surface area contributed by atoms with Gasteiger partial charge in [-0.25, -0.2) is 0 Å². The van der Waals surface area contributed by atoms with Crippen molar-refractivity contribution < 1.29 is 4.79 Å². The molecule has 1 aromatic carbocycles. The Hall–Kier alpha value is -0.870. The van der Waals surface area contributed by atoms with Crippen molar-refractivity contribution in [1.29, 1.82) is 0 Å². The Kier molecular flexibility index (Phi) is 7.10. The molecule has 4 heteroatoms. The SMILES string of the molecule is CC(C)C[C@H](CN)CC(=O)NCc1cccc(Br)c1. The first kappa shape index (κ1) is 16.2. The van der Waals surface area contributed by atoms with Gasteiger partial charge in [-0.1, -0.05) is 41.9 Å². The molecule has 1 atom stereocenters. The molecule has 0 aromatic heterocycles. The average molecular weight is 327 g/mol. The Morgan fingerprint density at radius 3 is 2.74 bits per heavy atom. The summed E-state index contributed by atoms with van der Waals surface area (Å²) in [7, 11) is 0. The molecule has 19 heavy (non-hydrogen) atoms. The zero-order chi connectivity index (χ0) is 14.3. The number of nitrogens with one attached hydrogen (secondary N) is 1. The molecule has 0 saturated heterocycles. The van der Waals surface area contributed by atoms with Crippen molar-refractivity contribution >= 4 is 21.8 Å². The highest BCUT2D eigenvalue weighted by Crippen LogP contribution is 2.14. The number of amides is 1. The van der Waals surface area contributed by atoms with Crippen LogP contribution >= 0.6 is 15.9 Å². The zero-order valence-electron chi connectivity index (χ0n) is 11.7. The van der Waals surface area contributed by atoms with Crippen LogP contribution in [0.25, 0.3) is 0 Å². The summed E-state index contributed by atoms with van der Waals surface area (Å²) in [6, 6.07) is 7.94. The van der Waals surface area contributed by atoms with Crippen LogP contribution in [0.15, 0.2) is 28.7 Å². The van der Waals surface area contributed by atoms with Crippen molar-refractivity contribution in [3.63, 3.8) is 0 Å². The molecule has 0 heterocycles. The topological polar surface area (TPSA) is 55.1 Å². The van der Waals surface area contributed by atoms with Crippen LogP contribution in [0.5, 0.6) is 0 Å². The second kappa shape index (κ2) is 8.33. The maximum atomic E-state index is 11.9. The predicted molar refractivity (Wildman–Crippen MR) is 82.6 cm³/mol. The van der Waals surface area contributed by atoms with E-state index in [0.717, 1.165) is 16.5 Å². The van der Waals surface area contributed by atoms with Crippen LogP contribution in [-0.4, -0.2) is 12.5 Å². The van der Waals surface area contributed by atoms with E-state index >= 15 is 0 Å². The van der Waals surface area contributed by atoms with Crippen LogP contribution in [0.4, 0.5) is 0 Å². The first-order chi connectivity index (χ1) is 9.01. The highest BCUT2D eigenvalue weighted by molar-refractivity contribution is 9.10. The predicted octanol–water partition coefficient (Wildman–Crippen LogP) is 3.08. The van der Waals surface area contributed by atoms with Crippen molar-refractivity contribution in [2.45, 2.75) is 33.2 Å². The minimum atomic E-state index is 0.0797. The number of hydrogen-bond acceptors (Lipinski definition) is 2. The fourth-order valence-electron chi connectivity index (χ4n) is 2.11. The molecule has 106 valence electrons. The van der Waals surface area contributed by atoms with E-state index in [1.54, 1.807) is 0 Å². The Balaban J connectivity index is 2.38. The fraction of sp³-hybridized carbons (Fsp3) is 0.533. The van der Waals surface area contributed by atoms with E-state index in [0.29, 0.717) is 25.4 Å². The maximum Gasteiger partial charge on any atom is 0.220 e. The number of carbonyl (C=O) groups excluding carboxylic acids is 1. The molecule has 0 saturated carbocycles. The van der Waals surface area contributed by atoms with E-state index in [9.17, 15) is 4.79 Å². The first-order valence-corrected chi connectivity index (χ1v) is 7.51. The van der Waals surface area contributed by atoms with Crippen molar-refractivity contribution in [3.8, 4) is 0 Å². The van der Waals surface area contributed by atoms with E-state index in [1.165, 1.54) is 0 Å². The molecule has 0 bridgehead atoms. The Bertz CT molecular complexity index is 407. The lowest BCUT2D eigenvalue weighted by molar-refractivity contribution is -0.122. The van der Waals surface area contributed by atoms with E-state index < -0.39 is 0 Å². The van der Waals surface area contributed by atoms with Gasteiger partial charge in [0, 0.05) is 17.4 Å². The average Bonchev–Trinajstić information content (AvgIpc) is 2.35. The van der Waals surface area contributed by atoms with Gasteiger partial charge in [0.1, 0.15) is 0 Å². The van der Waals surface area contributed by atoms with Crippen LogP contribution < -0.4 is 11.1 Å². The van der Waals surface area contributed by atoms with Crippen LogP contribution in [0.2, 0.25) is 0 Å². The molecular formula is C15H23BrN2O. The highest BCUT2D eigenvalue weighted by atomic mass is 79.9. The lowest BCUT2D eigenvalue weighted by Crippen LogP contribution is -2.28. The van der Waals surface area contributed by atoms with Crippen LogP contribution in [-0.2, 0) is 11.3 Å². The number of benzene rings is 1. The molecule has 0 unspecified atom stereocenters. The van der Waals surface area contributed by atoms with Gasteiger partial charge in [-0.3, -0.25) is 4.79 Å². The number of nitrogens with two attached hydrogens (primary N) is 1. The highest BCUT2D eigenvalue weighted by Gasteiger charge is 2.13. The normalized spacial score (nSPS) is 12.5. The van der Waals surface area contributed by atoms with Gasteiger partial charge in [-0.05, 0) is 42.5 Å². The van der Waals surface area contributed by atoms with Crippen molar-refractivity contribution in [3.05, 3.63) is 34.3 Å². The molecule has 3 nitrogen and oxygen atoms in total. The summed E-state index contributed by atoms with van der Waals surface area (Å²) in [6.45, 7) is 5.45. The van der Waals surface area contributed by atoms with Gasteiger partial charge in [0.25, 0.3) is 0 Å². The summed E-state index contributed by atoms with van der Waals surface area (Å²) in [5, 5.41) is 2.95. The van der Waals surface area contributed by atoms with Crippen molar-refractivity contribution in [2.24, 2.45) is 17.6 Å². The van der Waals surface area contributed by atoms with Crippen molar-refractivity contribution in [1.82, 2.24) is 5.32 Å². The summed E-state index contributed by atoms with van der Waals surface area (Å²) in [5.41, 5.74) is 6.80. The van der Waals surface area contributed by atoms with Gasteiger partial charge >= 0.3 is 0 Å². The third kappa shape index (κ3) is 6.73. The fourth-order valence-corrected chi connectivity index (χ4v) is 2.56. The molecular weight excluding hydrogens is 304 g/mol. The minimum Gasteiger partial charge on any atom is -0.352 e. The summed E-state index contributed by atoms with van der Waals surface area (Å²) in [4.78, 5) is 11.9. The Morgan fingerprint density at radius 1 is 1.42 bits per heavy atom. The van der Waals surface area contributed by atoms with Gasteiger partial charge < -0.3 is 11.1 Å². The second-order valence-electron chi connectivity index (χ2n) is 5.34. The number of carbonyl (C=O) groups is 1. The Morgan fingerprint density at radius 2 is 2.16 bits per heavy atom. The molecule has 0 radical (unpaired) electrons. The van der Waals surface area contributed by atoms with E-state index in [2.05, 4.69) is 35.1 Å². The van der Waals surface area contributed by atoms with Crippen LogP contribution in [0.3, 0.4) is 0 Å². The molecule has 0 aliphatic rings. The van der Waals surface area contributed by atoms with Gasteiger partial charge in [0.2, 0.25) is 5.91 Å². The number of hydrogen-bond donors (Lipinski definition) is 2. The summed E-state index contributed by atoms with van der Waals surface area (Å²) < 4.78 is 1.03. The summed E-state index contributed by atoms with van der Waals surface area (Å²) >= 11 is 3.42. The standard InChI is InChI=1S/C15H23BrN2O/c1-11(2)6-13(9-17)8-15(19)18-10-12-4-3-5-14(16)7-12/h3-5,7,11,13H,6,8-10,17H2,1-2H3,(H,18,19)/t13-/m0/s1. The maximum absolute atomic E-state index is 11.9. The Labute approximate surface area is 124 Å². The van der Waals surface area contributed by atoms with E-state index in [-0.39, 0.29) is 11.8 Å². The molecule has 0 fully saturated rings. The summed E-state index contributed by atoms with van der Waals surface area (Å²) in [5.74, 6) is 0.935. The molecule has 3 N–H and O–H groups in total. The largest absolute Gasteiger partial charge is 0.352 e. The van der Waals surface area contributed by atoms with E-state index in [1.807, 2.05) is 24.3 Å². The van der Waals surface area contributed by atoms with Crippen molar-refractivity contribution in [2.75, 3.05) is 6.54 Å². The first-order valence-electron chi connectivity index (χ1n) is 6.72. The lowest BCUT2D eigenvalue weighted by atomic mass is 9.94. The monoisotopic (exact) mass is 326 g/mol. The van der Waals surface area contributed by atoms with Gasteiger partial charge in [-0.15, -0.1) is 0 Å². The minimum absolute atomic E-state index is 0.0797. The molecule has 0 aliphatic heterocycles. The quantitative estimate of drug-likeness (QED) is 0.809. The smallest absolute Gasteiger partial charge is 0.220 e. The van der Waals surface area contributed by atoms with Gasteiger partial charge in [-0.2, -0.15) is 0 Å². The third-order valence-electron chi connectivity index (χ3n) is 2.99. The molecule has 1 aromatic rings. The second-order valence-corrected chi connectivity index (χ2v) is 6.26. The lowest BCUT2D eigenvalue weighted by Gasteiger charge is -2.16. The third-order valence-corrected chi connectivity index (χ3v) is 3.48. The van der Waals surface area contributed by atoms with Gasteiger partial charge in [0.15, 0.2) is 0 Å². The molecule has 0 spiro atoms. The molecule has 1 rings (SSSR count). The van der Waals surface area contributed by atoms with E-state index in [4.69, 9.17) is 5.73 Å². The summed E-state index contributed by atoms with van der Waals surface area (Å²) in [6.07, 6.45) is 1.52. The molecule has 0 aliphatic carbocycles.